The number of carbonyl (C=O) groups is 1. The van der Waals surface area contributed by atoms with Gasteiger partial charge >= 0.3 is 0 Å². The standard InChI is InChI=1S/C20H21BrN6OS/c1-12-18-15(16-5-4-10-29-16)6-7-23-20(18)27(24-12)11-17(28)22-8-9-26-14(3)19(21)13(2)25-26/h4-7,10H,8-9,11H2,1-3H3,(H,22,28). The van der Waals surface area contributed by atoms with Gasteiger partial charge in [-0.05, 0) is 54.2 Å². The summed E-state index contributed by atoms with van der Waals surface area (Å²) in [5.74, 6) is -0.0988. The van der Waals surface area contributed by atoms with Crippen LogP contribution in [0, 0.1) is 20.8 Å². The third-order valence-electron chi connectivity index (χ3n) is 4.83. The highest BCUT2D eigenvalue weighted by atomic mass is 79.9. The predicted molar refractivity (Wildman–Crippen MR) is 118 cm³/mol. The van der Waals surface area contributed by atoms with Crippen molar-refractivity contribution in [2.75, 3.05) is 6.54 Å². The Kier molecular flexibility index (Phi) is 5.51. The van der Waals surface area contributed by atoms with Gasteiger partial charge in [-0.25, -0.2) is 9.67 Å². The average molecular weight is 473 g/mol. The molecule has 4 rings (SSSR count). The SMILES string of the molecule is Cc1nn(CCNC(=O)Cn2nc(C)c3c(-c4cccs4)ccnc32)c(C)c1Br. The van der Waals surface area contributed by atoms with Crippen LogP contribution in [0.25, 0.3) is 21.5 Å². The molecule has 4 heterocycles. The molecule has 29 heavy (non-hydrogen) atoms. The van der Waals surface area contributed by atoms with E-state index < -0.39 is 0 Å². The summed E-state index contributed by atoms with van der Waals surface area (Å²) in [6.07, 6.45) is 1.77. The molecule has 4 aromatic heterocycles. The van der Waals surface area contributed by atoms with Crippen LogP contribution in [-0.2, 0) is 17.9 Å². The zero-order valence-corrected chi connectivity index (χ0v) is 18.8. The molecule has 0 atom stereocenters. The van der Waals surface area contributed by atoms with Crippen LogP contribution in [-0.4, -0.2) is 37.0 Å². The van der Waals surface area contributed by atoms with Crippen LogP contribution in [0.2, 0.25) is 0 Å². The number of aromatic nitrogens is 5. The van der Waals surface area contributed by atoms with Gasteiger partial charge in [0.2, 0.25) is 5.91 Å². The third-order valence-corrected chi connectivity index (χ3v) is 6.88. The molecule has 1 N–H and O–H groups in total. The molecule has 1 amide bonds. The van der Waals surface area contributed by atoms with E-state index in [-0.39, 0.29) is 12.5 Å². The number of hydrogen-bond acceptors (Lipinski definition) is 5. The molecule has 7 nitrogen and oxygen atoms in total. The maximum atomic E-state index is 12.5. The van der Waals surface area contributed by atoms with Gasteiger partial charge in [0.15, 0.2) is 5.65 Å². The summed E-state index contributed by atoms with van der Waals surface area (Å²) in [5.41, 5.74) is 4.70. The van der Waals surface area contributed by atoms with E-state index in [0.29, 0.717) is 13.1 Å². The van der Waals surface area contributed by atoms with Gasteiger partial charge in [0.1, 0.15) is 6.54 Å². The number of carbonyl (C=O) groups excluding carboxylic acids is 1. The Morgan fingerprint density at radius 2 is 1.97 bits per heavy atom. The average Bonchev–Trinajstić information content (AvgIpc) is 3.40. The third kappa shape index (κ3) is 3.84. The summed E-state index contributed by atoms with van der Waals surface area (Å²) in [4.78, 5) is 18.1. The molecule has 0 saturated heterocycles. The number of pyridine rings is 1. The van der Waals surface area contributed by atoms with Crippen LogP contribution < -0.4 is 5.32 Å². The maximum absolute atomic E-state index is 12.5. The van der Waals surface area contributed by atoms with Crippen LogP contribution in [0.5, 0.6) is 0 Å². The molecule has 0 aromatic carbocycles. The number of hydrogen-bond donors (Lipinski definition) is 1. The summed E-state index contributed by atoms with van der Waals surface area (Å²) >= 11 is 5.20. The first-order valence-electron chi connectivity index (χ1n) is 9.28. The Morgan fingerprint density at radius 3 is 2.66 bits per heavy atom. The number of amides is 1. The summed E-state index contributed by atoms with van der Waals surface area (Å²) in [5, 5.41) is 15.0. The fourth-order valence-corrected chi connectivity index (χ4v) is 4.46. The number of nitrogens with zero attached hydrogens (tertiary/aromatic N) is 5. The van der Waals surface area contributed by atoms with E-state index in [2.05, 4.69) is 47.9 Å². The minimum atomic E-state index is -0.0988. The largest absolute Gasteiger partial charge is 0.353 e. The molecule has 0 aliphatic rings. The quantitative estimate of drug-likeness (QED) is 0.462. The van der Waals surface area contributed by atoms with E-state index in [1.807, 2.05) is 37.6 Å². The lowest BCUT2D eigenvalue weighted by Crippen LogP contribution is -2.31. The summed E-state index contributed by atoms with van der Waals surface area (Å²) in [7, 11) is 0. The minimum absolute atomic E-state index is 0.0988. The van der Waals surface area contributed by atoms with Gasteiger partial charge in [0.05, 0.1) is 27.8 Å². The van der Waals surface area contributed by atoms with Crippen molar-refractivity contribution >= 4 is 44.2 Å². The van der Waals surface area contributed by atoms with Crippen molar-refractivity contribution in [3.05, 3.63) is 51.3 Å². The Hall–Kier alpha value is -2.52. The lowest BCUT2D eigenvalue weighted by atomic mass is 10.1. The van der Waals surface area contributed by atoms with Crippen molar-refractivity contribution in [2.24, 2.45) is 0 Å². The van der Waals surface area contributed by atoms with Gasteiger partial charge < -0.3 is 5.32 Å². The smallest absolute Gasteiger partial charge is 0.241 e. The second-order valence-electron chi connectivity index (χ2n) is 6.84. The molecular weight excluding hydrogens is 452 g/mol. The van der Waals surface area contributed by atoms with Crippen molar-refractivity contribution in [1.82, 2.24) is 29.9 Å². The van der Waals surface area contributed by atoms with Crippen LogP contribution >= 0.6 is 27.3 Å². The topological polar surface area (TPSA) is 77.6 Å². The van der Waals surface area contributed by atoms with Crippen molar-refractivity contribution in [2.45, 2.75) is 33.9 Å². The van der Waals surface area contributed by atoms with E-state index >= 15 is 0 Å². The number of thiophene rings is 1. The van der Waals surface area contributed by atoms with Gasteiger partial charge in [-0.3, -0.25) is 9.48 Å². The first kappa shape index (κ1) is 19.8. The molecule has 0 saturated carbocycles. The van der Waals surface area contributed by atoms with E-state index in [9.17, 15) is 4.79 Å². The first-order valence-corrected chi connectivity index (χ1v) is 10.9. The van der Waals surface area contributed by atoms with Crippen LogP contribution in [0.4, 0.5) is 0 Å². The summed E-state index contributed by atoms with van der Waals surface area (Å²) < 4.78 is 4.58. The van der Waals surface area contributed by atoms with Gasteiger partial charge in [-0.2, -0.15) is 10.2 Å². The lowest BCUT2D eigenvalue weighted by Gasteiger charge is -2.08. The highest BCUT2D eigenvalue weighted by molar-refractivity contribution is 9.10. The van der Waals surface area contributed by atoms with Crippen molar-refractivity contribution in [3.8, 4) is 10.4 Å². The van der Waals surface area contributed by atoms with Crippen LogP contribution in [0.3, 0.4) is 0 Å². The van der Waals surface area contributed by atoms with Crippen LogP contribution in [0.15, 0.2) is 34.2 Å². The summed E-state index contributed by atoms with van der Waals surface area (Å²) in [6.45, 7) is 7.15. The molecule has 150 valence electrons. The molecule has 0 aliphatic heterocycles. The van der Waals surface area contributed by atoms with Gasteiger partial charge in [0.25, 0.3) is 0 Å². The molecule has 4 aromatic rings. The Balaban J connectivity index is 1.47. The molecule has 0 radical (unpaired) electrons. The molecule has 0 spiro atoms. The fraction of sp³-hybridized carbons (Fsp3) is 0.300. The highest BCUT2D eigenvalue weighted by Gasteiger charge is 2.16. The molecule has 0 fully saturated rings. The van der Waals surface area contributed by atoms with Gasteiger partial charge in [-0.15, -0.1) is 11.3 Å². The van der Waals surface area contributed by atoms with Crippen molar-refractivity contribution < 1.29 is 4.79 Å². The predicted octanol–water partition coefficient (Wildman–Crippen LogP) is 3.86. The molecular formula is C20H21BrN6OS. The minimum Gasteiger partial charge on any atom is -0.353 e. The summed E-state index contributed by atoms with van der Waals surface area (Å²) in [6, 6.07) is 6.11. The zero-order chi connectivity index (χ0) is 20.5. The van der Waals surface area contributed by atoms with E-state index in [1.54, 1.807) is 22.2 Å². The number of nitrogens with one attached hydrogen (secondary N) is 1. The normalized spacial score (nSPS) is 11.3. The van der Waals surface area contributed by atoms with E-state index in [1.165, 1.54) is 4.88 Å². The molecule has 0 unspecified atom stereocenters. The number of rotatable bonds is 6. The van der Waals surface area contributed by atoms with Crippen molar-refractivity contribution in [3.63, 3.8) is 0 Å². The van der Waals surface area contributed by atoms with Crippen LogP contribution in [0.1, 0.15) is 17.1 Å². The fourth-order valence-electron chi connectivity index (χ4n) is 3.41. The lowest BCUT2D eigenvalue weighted by molar-refractivity contribution is -0.121. The Bertz CT molecular complexity index is 1180. The van der Waals surface area contributed by atoms with Gasteiger partial charge in [-0.1, -0.05) is 6.07 Å². The highest BCUT2D eigenvalue weighted by Crippen LogP contribution is 2.32. The first-order chi connectivity index (χ1) is 14.0. The van der Waals surface area contributed by atoms with Crippen molar-refractivity contribution in [1.29, 1.82) is 0 Å². The monoisotopic (exact) mass is 472 g/mol. The Morgan fingerprint density at radius 1 is 1.17 bits per heavy atom. The second-order valence-corrected chi connectivity index (χ2v) is 8.58. The Labute approximate surface area is 180 Å². The maximum Gasteiger partial charge on any atom is 0.241 e. The molecule has 9 heteroatoms. The molecule has 0 aliphatic carbocycles. The zero-order valence-electron chi connectivity index (χ0n) is 16.4. The van der Waals surface area contributed by atoms with E-state index in [0.717, 1.165) is 38.2 Å². The number of halogens is 1. The van der Waals surface area contributed by atoms with E-state index in [4.69, 9.17) is 0 Å². The second kappa shape index (κ2) is 8.08. The number of fused-ring (bicyclic) bond motifs is 1. The number of aryl methyl sites for hydroxylation is 2. The molecule has 0 bridgehead atoms. The van der Waals surface area contributed by atoms with Gasteiger partial charge in [0, 0.05) is 28.9 Å².